The van der Waals surface area contributed by atoms with Crippen LogP contribution in [0.4, 0.5) is 26.3 Å². The van der Waals surface area contributed by atoms with Crippen molar-refractivity contribution in [1.82, 2.24) is 13.8 Å². The first-order valence-electron chi connectivity index (χ1n) is 7.44. The van der Waals surface area contributed by atoms with Gasteiger partial charge in [0.15, 0.2) is 5.69 Å². The molecule has 146 valence electrons. The van der Waals surface area contributed by atoms with E-state index in [1.807, 2.05) is 0 Å². The normalized spacial score (nSPS) is 13.4. The van der Waals surface area contributed by atoms with Crippen molar-refractivity contribution in [3.63, 3.8) is 0 Å². The molecule has 0 saturated carbocycles. The highest BCUT2D eigenvalue weighted by molar-refractivity contribution is 7.90. The Balaban J connectivity index is 2.14. The lowest BCUT2D eigenvalue weighted by atomic mass is 10.1. The second kappa shape index (κ2) is 6.01. The van der Waals surface area contributed by atoms with E-state index >= 15 is 0 Å². The van der Waals surface area contributed by atoms with E-state index in [4.69, 9.17) is 0 Å². The van der Waals surface area contributed by atoms with Gasteiger partial charge in [-0.15, -0.1) is 0 Å². The van der Waals surface area contributed by atoms with Gasteiger partial charge in [0.2, 0.25) is 0 Å². The lowest BCUT2D eigenvalue weighted by molar-refractivity contribution is -0.141. The number of benzene rings is 1. The molecule has 12 heteroatoms. The summed E-state index contributed by atoms with van der Waals surface area (Å²) in [6.07, 6.45) is -3.90. The highest BCUT2D eigenvalue weighted by Gasteiger charge is 2.47. The van der Waals surface area contributed by atoms with Crippen LogP contribution in [0.5, 0.6) is 0 Å². The summed E-state index contributed by atoms with van der Waals surface area (Å²) >= 11 is 0. The third-order valence-corrected chi connectivity index (χ3v) is 5.29. The van der Waals surface area contributed by atoms with Gasteiger partial charge >= 0.3 is 21.7 Å². The van der Waals surface area contributed by atoms with E-state index < -0.39 is 27.4 Å². The number of hydrogen-bond donors (Lipinski definition) is 0. The molecular formula is C15H11F6N3O2S. The van der Waals surface area contributed by atoms with Gasteiger partial charge in [-0.05, 0) is 31.2 Å². The molecule has 0 aliphatic rings. The Morgan fingerprint density at radius 3 is 2.26 bits per heavy atom. The van der Waals surface area contributed by atoms with Gasteiger partial charge < -0.3 is 0 Å². The van der Waals surface area contributed by atoms with Crippen LogP contribution in [0.2, 0.25) is 0 Å². The Kier molecular flexibility index (Phi) is 4.29. The quantitative estimate of drug-likeness (QED) is 0.606. The Hall–Kier alpha value is -2.50. The standard InChI is InChI=1S/C15H11F6N3O2S/c1-2-23-12(8-13(22-23)14(16,17)18)9-3-4-11-10(7-9)5-6-24(11)27(25,26)15(19,20)21/h3-8H,2H2,1H3. The summed E-state index contributed by atoms with van der Waals surface area (Å²) in [4.78, 5) is 0. The number of aryl methyl sites for hydroxylation is 1. The fraction of sp³-hybridized carbons (Fsp3) is 0.267. The molecule has 3 aromatic rings. The fourth-order valence-electron chi connectivity index (χ4n) is 2.63. The maximum atomic E-state index is 12.9. The van der Waals surface area contributed by atoms with Crippen LogP contribution in [0.15, 0.2) is 36.5 Å². The first-order chi connectivity index (χ1) is 12.4. The largest absolute Gasteiger partial charge is 0.517 e. The molecule has 0 bridgehead atoms. The summed E-state index contributed by atoms with van der Waals surface area (Å²) in [7, 11) is -5.61. The smallest absolute Gasteiger partial charge is 0.265 e. The molecule has 5 nitrogen and oxygen atoms in total. The summed E-state index contributed by atoms with van der Waals surface area (Å²) in [5.41, 5.74) is -6.46. The molecule has 2 heterocycles. The van der Waals surface area contributed by atoms with Gasteiger partial charge in [0, 0.05) is 23.7 Å². The van der Waals surface area contributed by atoms with E-state index in [9.17, 15) is 34.8 Å². The molecule has 0 aliphatic carbocycles. The maximum absolute atomic E-state index is 12.9. The lowest BCUT2D eigenvalue weighted by Crippen LogP contribution is -2.29. The predicted molar refractivity (Wildman–Crippen MR) is 84.2 cm³/mol. The number of hydrogen-bond acceptors (Lipinski definition) is 3. The Morgan fingerprint density at radius 1 is 1.04 bits per heavy atom. The zero-order valence-corrected chi connectivity index (χ0v) is 14.3. The molecule has 27 heavy (non-hydrogen) atoms. The average Bonchev–Trinajstić information content (AvgIpc) is 3.16. The fourth-order valence-corrected chi connectivity index (χ4v) is 3.50. The van der Waals surface area contributed by atoms with Crippen molar-refractivity contribution in [3.05, 3.63) is 42.2 Å². The molecule has 0 unspecified atom stereocenters. The minimum absolute atomic E-state index is 0.0877. The van der Waals surface area contributed by atoms with Gasteiger partial charge in [0.25, 0.3) is 0 Å². The van der Waals surface area contributed by atoms with Crippen molar-refractivity contribution in [2.24, 2.45) is 0 Å². The first-order valence-corrected chi connectivity index (χ1v) is 8.88. The van der Waals surface area contributed by atoms with Gasteiger partial charge in [0.1, 0.15) is 0 Å². The Morgan fingerprint density at radius 2 is 1.70 bits per heavy atom. The highest BCUT2D eigenvalue weighted by Crippen LogP contribution is 2.34. The van der Waals surface area contributed by atoms with Crippen molar-refractivity contribution in [2.75, 3.05) is 0 Å². The number of rotatable bonds is 3. The van der Waals surface area contributed by atoms with Crippen LogP contribution in [0.25, 0.3) is 22.2 Å². The van der Waals surface area contributed by atoms with Crippen LogP contribution in [-0.4, -0.2) is 27.7 Å². The van der Waals surface area contributed by atoms with Crippen molar-refractivity contribution in [3.8, 4) is 11.3 Å². The summed E-state index contributed by atoms with van der Waals surface area (Å²) < 4.78 is 101. The van der Waals surface area contributed by atoms with Crippen LogP contribution in [0.3, 0.4) is 0 Å². The zero-order chi connectivity index (χ0) is 20.2. The van der Waals surface area contributed by atoms with Crippen molar-refractivity contribution < 1.29 is 34.8 Å². The third kappa shape index (κ3) is 3.17. The van der Waals surface area contributed by atoms with Crippen molar-refractivity contribution in [1.29, 1.82) is 0 Å². The third-order valence-electron chi connectivity index (χ3n) is 3.87. The molecule has 0 aliphatic heterocycles. The second-order valence-electron chi connectivity index (χ2n) is 5.56. The molecule has 0 radical (unpaired) electrons. The van der Waals surface area contributed by atoms with E-state index in [0.29, 0.717) is 0 Å². The van der Waals surface area contributed by atoms with Gasteiger partial charge in [-0.3, -0.25) is 4.68 Å². The predicted octanol–water partition coefficient (Wildman–Crippen LogP) is 4.24. The molecule has 0 saturated heterocycles. The van der Waals surface area contributed by atoms with Gasteiger partial charge in [-0.2, -0.15) is 39.9 Å². The van der Waals surface area contributed by atoms with Gasteiger partial charge in [-0.1, -0.05) is 6.07 Å². The van der Waals surface area contributed by atoms with Crippen molar-refractivity contribution >= 4 is 20.9 Å². The van der Waals surface area contributed by atoms with Crippen LogP contribution in [-0.2, 0) is 22.7 Å². The number of nitrogens with zero attached hydrogens (tertiary/aromatic N) is 3. The number of alkyl halides is 6. The summed E-state index contributed by atoms with van der Waals surface area (Å²) in [6.45, 7) is 1.72. The minimum Gasteiger partial charge on any atom is -0.265 e. The molecule has 0 amide bonds. The summed E-state index contributed by atoms with van der Waals surface area (Å²) in [5, 5.41) is 3.60. The monoisotopic (exact) mass is 411 g/mol. The van der Waals surface area contributed by atoms with E-state index in [1.165, 1.54) is 12.1 Å². The molecular weight excluding hydrogens is 400 g/mol. The highest BCUT2D eigenvalue weighted by atomic mass is 32.2. The molecule has 1 aromatic carbocycles. The summed E-state index contributed by atoms with van der Waals surface area (Å²) in [5.74, 6) is 0. The SMILES string of the molecule is CCn1nc(C(F)(F)F)cc1-c1ccc2c(ccn2S(=O)(=O)C(F)(F)F)c1. The van der Waals surface area contributed by atoms with E-state index in [0.717, 1.165) is 29.1 Å². The molecule has 0 atom stereocenters. The van der Waals surface area contributed by atoms with Crippen LogP contribution >= 0.6 is 0 Å². The maximum Gasteiger partial charge on any atom is 0.517 e. The number of fused-ring (bicyclic) bond motifs is 1. The van der Waals surface area contributed by atoms with Gasteiger partial charge in [0.05, 0.1) is 11.2 Å². The molecule has 0 fully saturated rings. The average molecular weight is 411 g/mol. The van der Waals surface area contributed by atoms with E-state index in [2.05, 4.69) is 5.10 Å². The lowest BCUT2D eigenvalue weighted by Gasteiger charge is -2.10. The number of aromatic nitrogens is 3. The van der Waals surface area contributed by atoms with Crippen LogP contribution in [0.1, 0.15) is 12.6 Å². The van der Waals surface area contributed by atoms with Crippen LogP contribution in [0, 0.1) is 0 Å². The number of halogens is 6. The zero-order valence-electron chi connectivity index (χ0n) is 13.5. The molecule has 3 rings (SSSR count). The Bertz CT molecular complexity index is 1110. The van der Waals surface area contributed by atoms with Gasteiger partial charge in [-0.25, -0.2) is 3.97 Å². The van der Waals surface area contributed by atoms with E-state index in [1.54, 1.807) is 6.92 Å². The van der Waals surface area contributed by atoms with Crippen LogP contribution < -0.4 is 0 Å². The molecule has 0 spiro atoms. The Labute approximate surface area is 148 Å². The second-order valence-corrected chi connectivity index (χ2v) is 7.37. The first kappa shape index (κ1) is 19.3. The summed E-state index contributed by atoms with van der Waals surface area (Å²) in [6, 6.07) is 5.62. The molecule has 2 aromatic heterocycles. The minimum atomic E-state index is -5.61. The van der Waals surface area contributed by atoms with E-state index in [-0.39, 0.29) is 32.7 Å². The topological polar surface area (TPSA) is 56.9 Å². The molecule has 0 N–H and O–H groups in total. The van der Waals surface area contributed by atoms with Crippen molar-refractivity contribution in [2.45, 2.75) is 25.2 Å².